The third-order valence-corrected chi connectivity index (χ3v) is 4.69. The summed E-state index contributed by atoms with van der Waals surface area (Å²) in [6, 6.07) is 0. The summed E-state index contributed by atoms with van der Waals surface area (Å²) in [5, 5.41) is 0.344. The molecule has 1 saturated heterocycles. The van der Waals surface area contributed by atoms with Crippen LogP contribution in [0.15, 0.2) is 23.6 Å². The van der Waals surface area contributed by atoms with E-state index in [2.05, 4.69) is 9.97 Å². The molecule has 1 aliphatic heterocycles. The van der Waals surface area contributed by atoms with Gasteiger partial charge in [-0.2, -0.15) is 0 Å². The van der Waals surface area contributed by atoms with Crippen LogP contribution in [0.3, 0.4) is 0 Å². The third kappa shape index (κ3) is 4.49. The van der Waals surface area contributed by atoms with Crippen LogP contribution < -0.4 is 0 Å². The summed E-state index contributed by atoms with van der Waals surface area (Å²) in [5.74, 6) is 0. The van der Waals surface area contributed by atoms with Gasteiger partial charge < -0.3 is 9.64 Å². The second-order valence-electron chi connectivity index (χ2n) is 6.03. The molecule has 0 saturated carbocycles. The number of amides is 1. The second-order valence-corrected chi connectivity index (χ2v) is 7.71. The van der Waals surface area contributed by atoms with E-state index < -0.39 is 16.4 Å². The van der Waals surface area contributed by atoms with E-state index in [9.17, 15) is 9.00 Å². The topological polar surface area (TPSA) is 72.4 Å². The van der Waals surface area contributed by atoms with Gasteiger partial charge in [0.25, 0.3) is 0 Å². The Kier molecular flexibility index (Phi) is 4.92. The second kappa shape index (κ2) is 6.51. The molecule has 7 heteroatoms. The van der Waals surface area contributed by atoms with Crippen LogP contribution in [0.5, 0.6) is 0 Å². The first kappa shape index (κ1) is 15.9. The molecule has 1 aliphatic rings. The van der Waals surface area contributed by atoms with Gasteiger partial charge in [-0.1, -0.05) is 0 Å². The van der Waals surface area contributed by atoms with Gasteiger partial charge in [0.15, 0.2) is 0 Å². The van der Waals surface area contributed by atoms with Crippen molar-refractivity contribution in [2.45, 2.75) is 49.5 Å². The minimum Gasteiger partial charge on any atom is -0.444 e. The molecule has 0 radical (unpaired) electrons. The van der Waals surface area contributed by atoms with Gasteiger partial charge in [-0.3, -0.25) is 9.19 Å². The number of hydrogen-bond acceptors (Lipinski definition) is 5. The SMILES string of the molecule is CC(C)(C)OC(=O)N1CCC[C@@H]([S@](=O)c2cnccn2)C1. The molecule has 116 valence electrons. The number of carbonyl (C=O) groups excluding carboxylic acids is 1. The van der Waals surface area contributed by atoms with Crippen molar-refractivity contribution in [3.8, 4) is 0 Å². The summed E-state index contributed by atoms with van der Waals surface area (Å²) >= 11 is 0. The van der Waals surface area contributed by atoms with Crippen LogP contribution in [0.2, 0.25) is 0 Å². The molecule has 1 amide bonds. The van der Waals surface area contributed by atoms with Gasteiger partial charge in [0.2, 0.25) is 0 Å². The molecule has 0 unspecified atom stereocenters. The molecule has 0 bridgehead atoms. The standard InChI is InChI=1S/C14H21N3O3S/c1-14(2,3)20-13(18)17-8-4-5-11(10-17)21(19)12-9-15-6-7-16-12/h6-7,9,11H,4-5,8,10H2,1-3H3/t11-,21+/m1/s1. The van der Waals surface area contributed by atoms with Gasteiger partial charge in [0, 0.05) is 25.5 Å². The van der Waals surface area contributed by atoms with Crippen molar-refractivity contribution in [1.29, 1.82) is 0 Å². The number of carbonyl (C=O) groups is 1. The average molecular weight is 311 g/mol. The maximum absolute atomic E-state index is 12.5. The molecule has 1 fully saturated rings. The van der Waals surface area contributed by atoms with E-state index >= 15 is 0 Å². The average Bonchev–Trinajstić information content (AvgIpc) is 2.46. The number of ether oxygens (including phenoxy) is 1. The molecule has 1 aromatic rings. The molecular weight excluding hydrogens is 290 g/mol. The van der Waals surface area contributed by atoms with E-state index in [-0.39, 0.29) is 11.3 Å². The highest BCUT2D eigenvalue weighted by molar-refractivity contribution is 7.85. The van der Waals surface area contributed by atoms with E-state index in [0.29, 0.717) is 18.1 Å². The van der Waals surface area contributed by atoms with Gasteiger partial charge in [-0.25, -0.2) is 9.78 Å². The minimum atomic E-state index is -1.25. The summed E-state index contributed by atoms with van der Waals surface area (Å²) in [6.07, 6.45) is 5.88. The first-order chi connectivity index (χ1) is 9.87. The van der Waals surface area contributed by atoms with Crippen LogP contribution in [-0.2, 0) is 15.5 Å². The first-order valence-corrected chi connectivity index (χ1v) is 8.22. The largest absolute Gasteiger partial charge is 0.444 e. The van der Waals surface area contributed by atoms with Crippen LogP contribution in [0, 0.1) is 0 Å². The fourth-order valence-corrected chi connectivity index (χ4v) is 3.53. The Bertz CT molecular complexity index is 516. The number of hydrogen-bond donors (Lipinski definition) is 0. The fourth-order valence-electron chi connectivity index (χ4n) is 2.17. The monoisotopic (exact) mass is 311 g/mol. The molecule has 2 atom stereocenters. The van der Waals surface area contributed by atoms with Crippen LogP contribution in [0.4, 0.5) is 4.79 Å². The lowest BCUT2D eigenvalue weighted by atomic mass is 10.1. The molecule has 1 aromatic heterocycles. The zero-order valence-electron chi connectivity index (χ0n) is 12.6. The summed E-state index contributed by atoms with van der Waals surface area (Å²) in [6.45, 7) is 6.58. The van der Waals surface area contributed by atoms with Crippen molar-refractivity contribution < 1.29 is 13.7 Å². The van der Waals surface area contributed by atoms with E-state index in [4.69, 9.17) is 4.74 Å². The highest BCUT2D eigenvalue weighted by Crippen LogP contribution is 2.20. The number of rotatable bonds is 2. The third-order valence-electron chi connectivity index (χ3n) is 3.08. The Morgan fingerprint density at radius 3 is 2.81 bits per heavy atom. The zero-order chi connectivity index (χ0) is 15.5. The molecule has 2 heterocycles. The quantitative estimate of drug-likeness (QED) is 0.835. The summed E-state index contributed by atoms with van der Waals surface area (Å²) < 4.78 is 17.9. The first-order valence-electron chi connectivity index (χ1n) is 7.01. The molecule has 0 spiro atoms. The predicted molar refractivity (Wildman–Crippen MR) is 79.3 cm³/mol. The summed E-state index contributed by atoms with van der Waals surface area (Å²) in [5.41, 5.74) is -0.520. The number of likely N-dealkylation sites (tertiary alicyclic amines) is 1. The Morgan fingerprint density at radius 1 is 1.43 bits per heavy atom. The lowest BCUT2D eigenvalue weighted by molar-refractivity contribution is 0.0219. The molecule has 0 aliphatic carbocycles. The minimum absolute atomic E-state index is 0.122. The smallest absolute Gasteiger partial charge is 0.410 e. The van der Waals surface area contributed by atoms with Gasteiger partial charge in [0.1, 0.15) is 10.6 Å². The maximum Gasteiger partial charge on any atom is 0.410 e. The van der Waals surface area contributed by atoms with Crippen LogP contribution in [0.25, 0.3) is 0 Å². The van der Waals surface area contributed by atoms with E-state index in [1.807, 2.05) is 20.8 Å². The van der Waals surface area contributed by atoms with E-state index in [1.165, 1.54) is 12.4 Å². The number of nitrogens with zero attached hydrogens (tertiary/aromatic N) is 3. The molecule has 6 nitrogen and oxygen atoms in total. The molecule has 2 rings (SSSR count). The van der Waals surface area contributed by atoms with E-state index in [0.717, 1.165) is 12.8 Å². The maximum atomic E-state index is 12.5. The fraction of sp³-hybridized carbons (Fsp3) is 0.643. The predicted octanol–water partition coefficient (Wildman–Crippen LogP) is 1.98. The van der Waals surface area contributed by atoms with Crippen LogP contribution in [-0.4, -0.2) is 49.1 Å². The Hall–Kier alpha value is -1.50. The highest BCUT2D eigenvalue weighted by atomic mass is 32.2. The summed E-state index contributed by atoms with van der Waals surface area (Å²) in [7, 11) is -1.25. The molecule has 0 aromatic carbocycles. The van der Waals surface area contributed by atoms with Crippen molar-refractivity contribution in [1.82, 2.24) is 14.9 Å². The normalized spacial score (nSPS) is 20.9. The van der Waals surface area contributed by atoms with E-state index in [1.54, 1.807) is 11.1 Å². The van der Waals surface area contributed by atoms with Crippen molar-refractivity contribution in [2.75, 3.05) is 13.1 Å². The van der Waals surface area contributed by atoms with Crippen molar-refractivity contribution >= 4 is 16.9 Å². The lowest BCUT2D eigenvalue weighted by Crippen LogP contribution is -2.45. The Balaban J connectivity index is 2.01. The number of piperidine rings is 1. The molecule has 21 heavy (non-hydrogen) atoms. The van der Waals surface area contributed by atoms with Gasteiger partial charge in [-0.05, 0) is 33.6 Å². The van der Waals surface area contributed by atoms with Crippen molar-refractivity contribution in [3.05, 3.63) is 18.6 Å². The van der Waals surface area contributed by atoms with Crippen molar-refractivity contribution in [3.63, 3.8) is 0 Å². The van der Waals surface area contributed by atoms with Crippen molar-refractivity contribution in [2.24, 2.45) is 0 Å². The zero-order valence-corrected chi connectivity index (χ0v) is 13.4. The number of aromatic nitrogens is 2. The highest BCUT2D eigenvalue weighted by Gasteiger charge is 2.31. The molecular formula is C14H21N3O3S. The Labute approximate surface area is 127 Å². The van der Waals surface area contributed by atoms with Gasteiger partial charge in [0.05, 0.1) is 22.2 Å². The van der Waals surface area contributed by atoms with Crippen LogP contribution in [0.1, 0.15) is 33.6 Å². The molecule has 0 N–H and O–H groups in total. The lowest BCUT2D eigenvalue weighted by Gasteiger charge is -2.33. The van der Waals surface area contributed by atoms with Gasteiger partial charge >= 0.3 is 6.09 Å². The summed E-state index contributed by atoms with van der Waals surface area (Å²) in [4.78, 5) is 21.8. The van der Waals surface area contributed by atoms with Crippen LogP contribution >= 0.6 is 0 Å². The van der Waals surface area contributed by atoms with Gasteiger partial charge in [-0.15, -0.1) is 0 Å². The Morgan fingerprint density at radius 2 is 2.19 bits per heavy atom.